The van der Waals surface area contributed by atoms with Gasteiger partial charge in [-0.3, -0.25) is 5.41 Å². The minimum atomic E-state index is 0.132. The number of nitrogens with one attached hydrogen (secondary N) is 1. The second kappa shape index (κ2) is 5.41. The lowest BCUT2D eigenvalue weighted by Gasteiger charge is -2.09. The zero-order valence-electron chi connectivity index (χ0n) is 7.96. The van der Waals surface area contributed by atoms with Crippen LogP contribution in [0.3, 0.4) is 0 Å². The van der Waals surface area contributed by atoms with Gasteiger partial charge in [0.1, 0.15) is 0 Å². The molecule has 1 unspecified atom stereocenters. The zero-order chi connectivity index (χ0) is 10.6. The number of hydrogen-bond acceptors (Lipinski definition) is 2. The van der Waals surface area contributed by atoms with E-state index in [1.54, 1.807) is 11.8 Å². The Bertz CT molecular complexity index is 328. The van der Waals surface area contributed by atoms with Crippen molar-refractivity contribution >= 4 is 33.5 Å². The molecule has 0 spiro atoms. The first kappa shape index (κ1) is 11.6. The molecule has 3 N–H and O–H groups in total. The number of nitrogens with two attached hydrogens (primary N) is 1. The first-order valence-corrected chi connectivity index (χ1v) is 6.10. The molecule has 1 atom stereocenters. The number of hydrogen-bond donors (Lipinski definition) is 2. The summed E-state index contributed by atoms with van der Waals surface area (Å²) in [6.07, 6.45) is 0. The largest absolute Gasteiger partial charge is 0.387 e. The molecule has 1 rings (SSSR count). The van der Waals surface area contributed by atoms with Gasteiger partial charge < -0.3 is 5.73 Å². The van der Waals surface area contributed by atoms with E-state index < -0.39 is 0 Å². The average Bonchev–Trinajstić information content (AvgIpc) is 2.16. The Labute approximate surface area is 96.9 Å². The van der Waals surface area contributed by atoms with Gasteiger partial charge in [-0.25, -0.2) is 0 Å². The van der Waals surface area contributed by atoms with E-state index in [0.717, 1.165) is 10.2 Å². The highest BCUT2D eigenvalue weighted by atomic mass is 79.9. The third-order valence-corrected chi connectivity index (χ3v) is 4.14. The van der Waals surface area contributed by atoms with E-state index in [1.165, 1.54) is 4.90 Å². The molecule has 0 aliphatic heterocycles. The van der Waals surface area contributed by atoms with Gasteiger partial charge in [0.2, 0.25) is 0 Å². The number of amidine groups is 1. The van der Waals surface area contributed by atoms with Gasteiger partial charge in [0.05, 0.1) is 5.84 Å². The van der Waals surface area contributed by atoms with Crippen LogP contribution < -0.4 is 5.73 Å². The summed E-state index contributed by atoms with van der Waals surface area (Å²) in [5, 5.41) is 7.27. The molecule has 0 fully saturated rings. The molecule has 2 nitrogen and oxygen atoms in total. The molecule has 0 radical (unpaired) electrons. The van der Waals surface area contributed by atoms with Crippen molar-refractivity contribution < 1.29 is 0 Å². The van der Waals surface area contributed by atoms with Crippen LogP contribution in [0.5, 0.6) is 0 Å². The fourth-order valence-electron chi connectivity index (χ4n) is 0.866. The van der Waals surface area contributed by atoms with Crippen LogP contribution in [0.15, 0.2) is 33.6 Å². The molecular formula is C10H13BrN2S. The molecule has 1 aromatic carbocycles. The van der Waals surface area contributed by atoms with Crippen LogP contribution in [0.25, 0.3) is 0 Å². The molecule has 0 bridgehead atoms. The van der Waals surface area contributed by atoms with Crippen molar-refractivity contribution in [1.82, 2.24) is 0 Å². The van der Waals surface area contributed by atoms with Gasteiger partial charge in [-0.2, -0.15) is 0 Å². The van der Waals surface area contributed by atoms with Crippen molar-refractivity contribution in [3.63, 3.8) is 0 Å². The summed E-state index contributed by atoms with van der Waals surface area (Å²) in [6.45, 7) is 1.96. The average molecular weight is 273 g/mol. The van der Waals surface area contributed by atoms with Crippen LogP contribution >= 0.6 is 27.7 Å². The van der Waals surface area contributed by atoms with E-state index in [9.17, 15) is 0 Å². The van der Waals surface area contributed by atoms with Crippen molar-refractivity contribution in [2.75, 3.05) is 5.75 Å². The first-order chi connectivity index (χ1) is 6.61. The van der Waals surface area contributed by atoms with Gasteiger partial charge in [0.25, 0.3) is 0 Å². The van der Waals surface area contributed by atoms with Gasteiger partial charge in [-0.1, -0.05) is 19.1 Å². The maximum Gasteiger partial charge on any atom is 0.0942 e. The zero-order valence-corrected chi connectivity index (χ0v) is 10.4. The Hall–Kier alpha value is -0.480. The monoisotopic (exact) mass is 272 g/mol. The number of benzene rings is 1. The molecule has 0 saturated heterocycles. The molecule has 76 valence electrons. The van der Waals surface area contributed by atoms with Crippen molar-refractivity contribution in [2.24, 2.45) is 11.7 Å². The molecule has 0 saturated carbocycles. The van der Waals surface area contributed by atoms with Gasteiger partial charge in [0.15, 0.2) is 0 Å². The lowest BCUT2D eigenvalue weighted by Crippen LogP contribution is -2.21. The van der Waals surface area contributed by atoms with Crippen molar-refractivity contribution in [1.29, 1.82) is 5.41 Å². The second-order valence-electron chi connectivity index (χ2n) is 3.10. The highest BCUT2D eigenvalue weighted by molar-refractivity contribution is 9.10. The van der Waals surface area contributed by atoms with Gasteiger partial charge in [-0.15, -0.1) is 11.8 Å². The highest BCUT2D eigenvalue weighted by Gasteiger charge is 2.07. The van der Waals surface area contributed by atoms with E-state index in [2.05, 4.69) is 22.0 Å². The molecule has 0 aliphatic carbocycles. The molecular weight excluding hydrogens is 260 g/mol. The third-order valence-electron chi connectivity index (χ3n) is 1.86. The smallest absolute Gasteiger partial charge is 0.0942 e. The quantitative estimate of drug-likeness (QED) is 0.503. The molecule has 0 amide bonds. The summed E-state index contributed by atoms with van der Waals surface area (Å²) in [6, 6.07) is 8.07. The van der Waals surface area contributed by atoms with Crippen LogP contribution in [-0.4, -0.2) is 11.6 Å². The molecule has 0 heterocycles. The lowest BCUT2D eigenvalue weighted by atomic mass is 10.2. The summed E-state index contributed by atoms with van der Waals surface area (Å²) in [5.74, 6) is 1.23. The number of rotatable bonds is 4. The van der Waals surface area contributed by atoms with Crippen molar-refractivity contribution in [3.8, 4) is 0 Å². The van der Waals surface area contributed by atoms with Crippen molar-refractivity contribution in [3.05, 3.63) is 28.7 Å². The van der Waals surface area contributed by atoms with E-state index >= 15 is 0 Å². The van der Waals surface area contributed by atoms with Gasteiger partial charge in [0, 0.05) is 21.0 Å². The summed E-state index contributed by atoms with van der Waals surface area (Å²) >= 11 is 5.19. The van der Waals surface area contributed by atoms with Crippen LogP contribution in [0.2, 0.25) is 0 Å². The van der Waals surface area contributed by atoms with Crippen LogP contribution in [0.1, 0.15) is 6.92 Å². The Morgan fingerprint density at radius 2 is 2.21 bits per heavy atom. The fourth-order valence-corrected chi connectivity index (χ4v) is 2.48. The van der Waals surface area contributed by atoms with E-state index in [1.807, 2.05) is 25.1 Å². The van der Waals surface area contributed by atoms with E-state index in [-0.39, 0.29) is 11.8 Å². The number of halogens is 1. The van der Waals surface area contributed by atoms with Crippen LogP contribution in [0.4, 0.5) is 0 Å². The van der Waals surface area contributed by atoms with Gasteiger partial charge in [-0.05, 0) is 28.1 Å². The summed E-state index contributed by atoms with van der Waals surface area (Å²) in [7, 11) is 0. The minimum Gasteiger partial charge on any atom is -0.387 e. The fraction of sp³-hybridized carbons (Fsp3) is 0.300. The predicted octanol–water partition coefficient (Wildman–Crippen LogP) is 3.11. The Balaban J connectivity index is 2.54. The first-order valence-electron chi connectivity index (χ1n) is 4.32. The normalized spacial score (nSPS) is 12.4. The second-order valence-corrected chi connectivity index (χ2v) is 5.01. The van der Waals surface area contributed by atoms with Gasteiger partial charge >= 0.3 is 0 Å². The maximum atomic E-state index is 7.27. The summed E-state index contributed by atoms with van der Waals surface area (Å²) in [5.41, 5.74) is 5.40. The molecule has 1 aromatic rings. The minimum absolute atomic E-state index is 0.132. The van der Waals surface area contributed by atoms with Crippen LogP contribution in [-0.2, 0) is 0 Å². The Morgan fingerprint density at radius 3 is 2.79 bits per heavy atom. The van der Waals surface area contributed by atoms with Crippen molar-refractivity contribution in [2.45, 2.75) is 11.8 Å². The topological polar surface area (TPSA) is 49.9 Å². The maximum absolute atomic E-state index is 7.27. The van der Waals surface area contributed by atoms with E-state index in [0.29, 0.717) is 0 Å². The summed E-state index contributed by atoms with van der Waals surface area (Å²) in [4.78, 5) is 1.20. The molecule has 14 heavy (non-hydrogen) atoms. The van der Waals surface area contributed by atoms with E-state index in [4.69, 9.17) is 11.1 Å². The molecule has 0 aliphatic rings. The summed E-state index contributed by atoms with van der Waals surface area (Å²) < 4.78 is 1.10. The van der Waals surface area contributed by atoms with Crippen LogP contribution in [0, 0.1) is 11.3 Å². The number of thioether (sulfide) groups is 1. The Kier molecular flexibility index (Phi) is 4.48. The standard InChI is InChI=1S/C10H13BrN2S/c1-7(10(12)13)6-14-9-5-3-2-4-8(9)11/h2-5,7H,6H2,1H3,(H3,12,13). The Morgan fingerprint density at radius 1 is 1.57 bits per heavy atom. The molecule has 0 aromatic heterocycles. The molecule has 4 heteroatoms. The lowest BCUT2D eigenvalue weighted by molar-refractivity contribution is 0.879. The third kappa shape index (κ3) is 3.35. The SMILES string of the molecule is CC(CSc1ccccc1Br)C(=N)N. The highest BCUT2D eigenvalue weighted by Crippen LogP contribution is 2.28. The predicted molar refractivity (Wildman–Crippen MR) is 65.9 cm³/mol.